The lowest BCUT2D eigenvalue weighted by molar-refractivity contribution is -0.122. The van der Waals surface area contributed by atoms with E-state index in [4.69, 9.17) is 9.47 Å². The summed E-state index contributed by atoms with van der Waals surface area (Å²) in [5.74, 6) is -1.50. The lowest BCUT2D eigenvalue weighted by Gasteiger charge is -2.38. The summed E-state index contributed by atoms with van der Waals surface area (Å²) in [4.78, 5) is 46.3. The van der Waals surface area contributed by atoms with Crippen LogP contribution in [0.4, 0.5) is 5.69 Å². The molecule has 8 nitrogen and oxygen atoms in total. The Labute approximate surface area is 254 Å². The minimum absolute atomic E-state index is 0.228. The van der Waals surface area contributed by atoms with E-state index in [2.05, 4.69) is 5.32 Å². The van der Waals surface area contributed by atoms with Crippen LogP contribution in [0.15, 0.2) is 103 Å². The van der Waals surface area contributed by atoms with E-state index in [-0.39, 0.29) is 35.4 Å². The van der Waals surface area contributed by atoms with Gasteiger partial charge in [-0.25, -0.2) is 0 Å². The van der Waals surface area contributed by atoms with E-state index in [1.807, 2.05) is 71.8 Å². The summed E-state index contributed by atoms with van der Waals surface area (Å²) in [5.41, 5.74) is 2.12. The van der Waals surface area contributed by atoms with Gasteiger partial charge in [0.15, 0.2) is 18.2 Å². The molecule has 1 fully saturated rings. The van der Waals surface area contributed by atoms with Gasteiger partial charge in [-0.05, 0) is 53.1 Å². The Bertz CT molecular complexity index is 1910. The fourth-order valence-corrected chi connectivity index (χ4v) is 7.19. The van der Waals surface area contributed by atoms with E-state index in [0.29, 0.717) is 22.6 Å². The fourth-order valence-electron chi connectivity index (χ4n) is 7.19. The van der Waals surface area contributed by atoms with Crippen LogP contribution < -0.4 is 14.8 Å². The number of nitrogens with one attached hydrogen (secondary N) is 1. The lowest BCUT2D eigenvalue weighted by atomic mass is 9.62. The third kappa shape index (κ3) is 3.86. The van der Waals surface area contributed by atoms with Gasteiger partial charge in [0.25, 0.3) is 0 Å². The van der Waals surface area contributed by atoms with Gasteiger partial charge >= 0.3 is 0 Å². The maximum atomic E-state index is 15.0. The Balaban J connectivity index is 1.52. The Morgan fingerprint density at radius 2 is 1.73 bits per heavy atom. The van der Waals surface area contributed by atoms with Gasteiger partial charge in [-0.2, -0.15) is 5.26 Å². The van der Waals surface area contributed by atoms with E-state index in [1.54, 1.807) is 48.5 Å². The quantitative estimate of drug-likeness (QED) is 0.284. The predicted molar refractivity (Wildman–Crippen MR) is 163 cm³/mol. The Morgan fingerprint density at radius 1 is 0.955 bits per heavy atom. The molecule has 1 amide bonds. The molecular formula is C36H27N3O5. The number of carbonyl (C=O) groups excluding carboxylic acids is 3. The number of carbonyl (C=O) groups is 3. The zero-order valence-corrected chi connectivity index (χ0v) is 23.8. The molecule has 1 spiro atoms. The van der Waals surface area contributed by atoms with Crippen LogP contribution in [0.5, 0.6) is 11.5 Å². The van der Waals surface area contributed by atoms with Crippen LogP contribution >= 0.6 is 0 Å². The van der Waals surface area contributed by atoms with Crippen molar-refractivity contribution in [1.29, 1.82) is 5.26 Å². The molecule has 8 heteroatoms. The van der Waals surface area contributed by atoms with Gasteiger partial charge in [0, 0.05) is 17.5 Å². The molecule has 0 bridgehead atoms. The standard InChI is InChI=1S/C36H27N3O5/c1-43-24-11-8-10-23(21-24)32(40)30-31(33(41)26-13-4-7-16-29(26)44-20-18-37)39-19-17-22-9-2-3-12-25(22)34(39)36(30)27-14-5-6-15-28(27)38-35(36)42/h2-17,19,21,30-31,34H,20H2,1H3,(H,38,42)/t30-,31-,34-,36-/m1/s1. The van der Waals surface area contributed by atoms with E-state index in [9.17, 15) is 19.6 Å². The van der Waals surface area contributed by atoms with Gasteiger partial charge in [-0.15, -0.1) is 0 Å². The smallest absolute Gasteiger partial charge is 0.238 e. The number of ether oxygens (including phenoxy) is 2. The zero-order chi connectivity index (χ0) is 30.4. The normalized spacial score (nSPS) is 22.4. The number of hydrogen-bond acceptors (Lipinski definition) is 7. The van der Waals surface area contributed by atoms with Crippen molar-refractivity contribution in [2.45, 2.75) is 17.5 Å². The fraction of sp³-hybridized carbons (Fsp3) is 0.167. The van der Waals surface area contributed by atoms with Gasteiger partial charge in [0.05, 0.1) is 24.6 Å². The first-order chi connectivity index (χ1) is 21.5. The molecule has 4 aromatic rings. The van der Waals surface area contributed by atoms with Gasteiger partial charge in [0.1, 0.15) is 29.0 Å². The zero-order valence-electron chi connectivity index (χ0n) is 23.8. The summed E-state index contributed by atoms with van der Waals surface area (Å²) in [5, 5.41) is 12.2. The van der Waals surface area contributed by atoms with Crippen molar-refractivity contribution in [3.8, 4) is 17.6 Å². The molecule has 0 unspecified atom stereocenters. The van der Waals surface area contributed by atoms with Crippen molar-refractivity contribution >= 4 is 29.2 Å². The summed E-state index contributed by atoms with van der Waals surface area (Å²) in [7, 11) is 1.52. The third-order valence-corrected chi connectivity index (χ3v) is 8.92. The molecule has 3 aliphatic heterocycles. The molecule has 44 heavy (non-hydrogen) atoms. The Hall–Kier alpha value is -5.68. The van der Waals surface area contributed by atoms with Crippen LogP contribution in [0.1, 0.15) is 43.4 Å². The second-order valence-corrected chi connectivity index (χ2v) is 11.0. The molecule has 0 aromatic heterocycles. The predicted octanol–water partition coefficient (Wildman–Crippen LogP) is 5.58. The van der Waals surface area contributed by atoms with Crippen molar-refractivity contribution < 1.29 is 23.9 Å². The number of nitriles is 1. The maximum Gasteiger partial charge on any atom is 0.238 e. The van der Waals surface area contributed by atoms with Crippen LogP contribution in [-0.2, 0) is 10.2 Å². The molecule has 3 heterocycles. The van der Waals surface area contributed by atoms with Crippen LogP contribution in [0.3, 0.4) is 0 Å². The average molecular weight is 582 g/mol. The van der Waals surface area contributed by atoms with Crippen LogP contribution in [0.2, 0.25) is 0 Å². The highest BCUT2D eigenvalue weighted by Gasteiger charge is 2.70. The Kier molecular flexibility index (Phi) is 6.51. The molecule has 4 atom stereocenters. The van der Waals surface area contributed by atoms with Crippen molar-refractivity contribution in [3.05, 3.63) is 131 Å². The molecule has 1 N–H and O–H groups in total. The summed E-state index contributed by atoms with van der Waals surface area (Å²) < 4.78 is 11.1. The SMILES string of the molecule is COc1cccc(C(=O)[C@H]2[C@H](C(=O)c3ccccc3OCC#N)N3C=Cc4ccccc4[C@@H]3[C@]23C(=O)Nc2ccccc23)c1. The number of amides is 1. The van der Waals surface area contributed by atoms with Crippen molar-refractivity contribution in [1.82, 2.24) is 4.90 Å². The number of fused-ring (bicyclic) bond motifs is 6. The number of nitrogens with zero attached hydrogens (tertiary/aromatic N) is 2. The minimum Gasteiger partial charge on any atom is -0.497 e. The van der Waals surface area contributed by atoms with Crippen molar-refractivity contribution in [3.63, 3.8) is 0 Å². The highest BCUT2D eigenvalue weighted by Crippen LogP contribution is 2.62. The first-order valence-corrected chi connectivity index (χ1v) is 14.3. The highest BCUT2D eigenvalue weighted by atomic mass is 16.5. The van der Waals surface area contributed by atoms with Crippen molar-refractivity contribution in [2.75, 3.05) is 19.0 Å². The van der Waals surface area contributed by atoms with E-state index < -0.39 is 23.4 Å². The van der Waals surface area contributed by atoms with Crippen LogP contribution in [0, 0.1) is 17.2 Å². The number of para-hydroxylation sites is 2. The largest absolute Gasteiger partial charge is 0.497 e. The second kappa shape index (κ2) is 10.5. The van der Waals surface area contributed by atoms with Gasteiger partial charge < -0.3 is 19.7 Å². The molecule has 0 radical (unpaired) electrons. The number of methoxy groups -OCH3 is 1. The second-order valence-electron chi connectivity index (χ2n) is 11.0. The van der Waals surface area contributed by atoms with Gasteiger partial charge in [-0.3, -0.25) is 14.4 Å². The maximum absolute atomic E-state index is 15.0. The van der Waals surface area contributed by atoms with Crippen molar-refractivity contribution in [2.24, 2.45) is 5.92 Å². The summed E-state index contributed by atoms with van der Waals surface area (Å²) in [6.45, 7) is -0.250. The number of Topliss-reactive ketones (excluding diaryl/α,β-unsaturated/α-hetero) is 2. The number of anilines is 1. The topological polar surface area (TPSA) is 109 Å². The number of benzene rings is 4. The molecular weight excluding hydrogens is 554 g/mol. The summed E-state index contributed by atoms with van der Waals surface area (Å²) in [6, 6.07) is 28.8. The van der Waals surface area contributed by atoms with Gasteiger partial charge in [-0.1, -0.05) is 66.7 Å². The van der Waals surface area contributed by atoms with Crippen LogP contribution in [0.25, 0.3) is 6.08 Å². The number of ketones is 2. The molecule has 3 aliphatic rings. The lowest BCUT2D eigenvalue weighted by Crippen LogP contribution is -2.49. The Morgan fingerprint density at radius 3 is 2.57 bits per heavy atom. The first-order valence-electron chi connectivity index (χ1n) is 14.3. The monoisotopic (exact) mass is 581 g/mol. The van der Waals surface area contributed by atoms with E-state index >= 15 is 0 Å². The molecule has 4 aromatic carbocycles. The van der Waals surface area contributed by atoms with E-state index in [1.165, 1.54) is 7.11 Å². The molecule has 1 saturated heterocycles. The minimum atomic E-state index is -1.46. The first kappa shape index (κ1) is 27.2. The summed E-state index contributed by atoms with van der Waals surface area (Å²) >= 11 is 0. The van der Waals surface area contributed by atoms with Crippen LogP contribution in [-0.4, -0.2) is 42.1 Å². The molecule has 7 rings (SSSR count). The number of hydrogen-bond donors (Lipinski definition) is 1. The number of rotatable bonds is 7. The van der Waals surface area contributed by atoms with Gasteiger partial charge in [0.2, 0.25) is 5.91 Å². The molecule has 0 aliphatic carbocycles. The third-order valence-electron chi connectivity index (χ3n) is 8.92. The molecule has 216 valence electrons. The summed E-state index contributed by atoms with van der Waals surface area (Å²) in [6.07, 6.45) is 3.73. The molecule has 0 saturated carbocycles. The van der Waals surface area contributed by atoms with E-state index in [0.717, 1.165) is 11.1 Å². The average Bonchev–Trinajstić information content (AvgIpc) is 3.55. The highest BCUT2D eigenvalue weighted by molar-refractivity contribution is 6.17.